The predicted molar refractivity (Wildman–Crippen MR) is 104 cm³/mol. The molecule has 7 nitrogen and oxygen atoms in total. The molecule has 0 saturated heterocycles. The highest BCUT2D eigenvalue weighted by Crippen LogP contribution is 2.30. The maximum atomic E-state index is 13.6. The van der Waals surface area contributed by atoms with E-state index in [-0.39, 0.29) is 12.5 Å². The van der Waals surface area contributed by atoms with Crippen LogP contribution in [0.15, 0.2) is 35.3 Å². The molecule has 0 radical (unpaired) electrons. The summed E-state index contributed by atoms with van der Waals surface area (Å²) in [7, 11) is 3.00. The van der Waals surface area contributed by atoms with Crippen LogP contribution in [-0.2, 0) is 4.79 Å². The van der Waals surface area contributed by atoms with Crippen LogP contribution in [0.4, 0.5) is 24.5 Å². The summed E-state index contributed by atoms with van der Waals surface area (Å²) in [6.07, 6.45) is 0. The lowest BCUT2D eigenvalue weighted by atomic mass is 10.2. The Morgan fingerprint density at radius 2 is 1.83 bits per heavy atom. The van der Waals surface area contributed by atoms with Gasteiger partial charge in [0.1, 0.15) is 0 Å². The standard InChI is InChI=1S/C19H21F3N4O3/c1-4-29-14-8-5-11(9-15(14)28-3)25-19(23-2)24-10-16(27)26-13-7-6-12(20)17(21)18(13)22/h5-9H,4,10H2,1-3H3,(H,26,27)(H2,23,24,25). The first-order valence-corrected chi connectivity index (χ1v) is 8.61. The number of guanidine groups is 1. The van der Waals surface area contributed by atoms with E-state index in [2.05, 4.69) is 20.9 Å². The van der Waals surface area contributed by atoms with Gasteiger partial charge in [-0.2, -0.15) is 0 Å². The summed E-state index contributed by atoms with van der Waals surface area (Å²) in [5, 5.41) is 7.84. The SMILES string of the molecule is CCOc1ccc(NC(=NC)NCC(=O)Nc2ccc(F)c(F)c2F)cc1OC. The second kappa shape index (κ2) is 10.2. The number of anilines is 2. The Hall–Kier alpha value is -3.43. The predicted octanol–water partition coefficient (Wildman–Crippen LogP) is 3.14. The number of hydrogen-bond donors (Lipinski definition) is 3. The van der Waals surface area contributed by atoms with Gasteiger partial charge in [-0.05, 0) is 31.2 Å². The van der Waals surface area contributed by atoms with E-state index in [1.165, 1.54) is 14.2 Å². The number of benzene rings is 2. The Bertz CT molecular complexity index is 907. The number of halogens is 3. The molecule has 0 spiro atoms. The summed E-state index contributed by atoms with van der Waals surface area (Å²) in [6.45, 7) is 2.04. The van der Waals surface area contributed by atoms with E-state index in [9.17, 15) is 18.0 Å². The first kappa shape index (κ1) is 21.9. The van der Waals surface area contributed by atoms with Crippen molar-refractivity contribution >= 4 is 23.2 Å². The molecule has 0 aromatic heterocycles. The van der Waals surface area contributed by atoms with E-state index in [4.69, 9.17) is 9.47 Å². The molecule has 2 aromatic carbocycles. The van der Waals surface area contributed by atoms with Gasteiger partial charge in [0.25, 0.3) is 0 Å². The molecule has 0 aliphatic rings. The number of ether oxygens (including phenoxy) is 2. The second-order valence-corrected chi connectivity index (χ2v) is 5.62. The van der Waals surface area contributed by atoms with E-state index in [0.29, 0.717) is 23.8 Å². The first-order chi connectivity index (χ1) is 13.9. The lowest BCUT2D eigenvalue weighted by molar-refractivity contribution is -0.115. The largest absolute Gasteiger partial charge is 0.493 e. The molecule has 0 heterocycles. The molecule has 0 unspecified atom stereocenters. The molecule has 2 aromatic rings. The third-order valence-corrected chi connectivity index (χ3v) is 3.68. The molecule has 10 heteroatoms. The Morgan fingerprint density at radius 3 is 2.48 bits per heavy atom. The van der Waals surface area contributed by atoms with Crippen LogP contribution in [0.25, 0.3) is 0 Å². The Morgan fingerprint density at radius 1 is 1.07 bits per heavy atom. The number of methoxy groups -OCH3 is 1. The van der Waals surface area contributed by atoms with E-state index >= 15 is 0 Å². The summed E-state index contributed by atoms with van der Waals surface area (Å²) in [4.78, 5) is 16.0. The van der Waals surface area contributed by atoms with Crippen LogP contribution in [0.2, 0.25) is 0 Å². The van der Waals surface area contributed by atoms with E-state index in [1.807, 2.05) is 6.92 Å². The van der Waals surface area contributed by atoms with Gasteiger partial charge in [-0.25, -0.2) is 13.2 Å². The van der Waals surface area contributed by atoms with Crippen molar-refractivity contribution in [2.75, 3.05) is 37.9 Å². The van der Waals surface area contributed by atoms with Gasteiger partial charge in [0, 0.05) is 18.8 Å². The monoisotopic (exact) mass is 410 g/mol. The minimum Gasteiger partial charge on any atom is -0.493 e. The number of hydrogen-bond acceptors (Lipinski definition) is 4. The number of carbonyl (C=O) groups is 1. The summed E-state index contributed by atoms with van der Waals surface area (Å²) in [5.74, 6) is -3.80. The normalized spacial score (nSPS) is 11.0. The van der Waals surface area contributed by atoms with Crippen molar-refractivity contribution in [1.29, 1.82) is 0 Å². The molecule has 156 valence electrons. The summed E-state index contributed by atoms with van der Waals surface area (Å²) in [5.41, 5.74) is 0.153. The van der Waals surface area contributed by atoms with Crippen molar-refractivity contribution in [3.05, 3.63) is 47.8 Å². The third kappa shape index (κ3) is 5.77. The average molecular weight is 410 g/mol. The third-order valence-electron chi connectivity index (χ3n) is 3.68. The molecule has 2 rings (SSSR count). The van der Waals surface area contributed by atoms with Crippen LogP contribution in [0, 0.1) is 17.5 Å². The minimum absolute atomic E-state index is 0.247. The zero-order valence-corrected chi connectivity index (χ0v) is 16.1. The Kier molecular flexibility index (Phi) is 7.70. The van der Waals surface area contributed by atoms with Crippen LogP contribution in [-0.4, -0.2) is 39.2 Å². The molecule has 0 bridgehead atoms. The zero-order chi connectivity index (χ0) is 21.4. The van der Waals surface area contributed by atoms with Crippen molar-refractivity contribution in [1.82, 2.24) is 5.32 Å². The minimum atomic E-state index is -1.65. The fraction of sp³-hybridized carbons (Fsp3) is 0.263. The van der Waals surface area contributed by atoms with Crippen molar-refractivity contribution < 1.29 is 27.4 Å². The summed E-state index contributed by atoms with van der Waals surface area (Å²) < 4.78 is 50.5. The number of aliphatic imine (C=N–C) groups is 1. The lowest BCUT2D eigenvalue weighted by Gasteiger charge is -2.14. The Labute approximate surface area is 165 Å². The van der Waals surface area contributed by atoms with Gasteiger partial charge in [0.2, 0.25) is 5.91 Å². The summed E-state index contributed by atoms with van der Waals surface area (Å²) >= 11 is 0. The van der Waals surface area contributed by atoms with Crippen LogP contribution >= 0.6 is 0 Å². The van der Waals surface area contributed by atoms with Gasteiger partial charge in [-0.15, -0.1) is 0 Å². The highest BCUT2D eigenvalue weighted by atomic mass is 19.2. The molecule has 1 amide bonds. The van der Waals surface area contributed by atoms with Crippen LogP contribution in [0.1, 0.15) is 6.92 Å². The van der Waals surface area contributed by atoms with Crippen molar-refractivity contribution in [3.8, 4) is 11.5 Å². The van der Waals surface area contributed by atoms with Crippen molar-refractivity contribution in [3.63, 3.8) is 0 Å². The molecule has 0 fully saturated rings. The molecule has 0 aliphatic heterocycles. The second-order valence-electron chi connectivity index (χ2n) is 5.62. The highest BCUT2D eigenvalue weighted by molar-refractivity contribution is 5.99. The molecule has 0 saturated carbocycles. The van der Waals surface area contributed by atoms with Gasteiger partial charge in [-0.1, -0.05) is 0 Å². The van der Waals surface area contributed by atoms with Crippen LogP contribution in [0.5, 0.6) is 11.5 Å². The van der Waals surface area contributed by atoms with Crippen molar-refractivity contribution in [2.45, 2.75) is 6.92 Å². The molecule has 0 aliphatic carbocycles. The molecular formula is C19H21F3N4O3. The van der Waals surface area contributed by atoms with Crippen LogP contribution < -0.4 is 25.4 Å². The van der Waals surface area contributed by atoms with Gasteiger partial charge in [-0.3, -0.25) is 9.79 Å². The van der Waals surface area contributed by atoms with E-state index in [1.54, 1.807) is 18.2 Å². The zero-order valence-electron chi connectivity index (χ0n) is 16.1. The summed E-state index contributed by atoms with van der Waals surface area (Å²) in [6, 6.07) is 6.80. The Balaban J connectivity index is 1.97. The van der Waals surface area contributed by atoms with Gasteiger partial charge in [0.05, 0.1) is 25.9 Å². The van der Waals surface area contributed by atoms with E-state index < -0.39 is 29.0 Å². The quantitative estimate of drug-likeness (QED) is 0.371. The molecule has 3 N–H and O–H groups in total. The maximum absolute atomic E-state index is 13.6. The van der Waals surface area contributed by atoms with Crippen molar-refractivity contribution in [2.24, 2.45) is 4.99 Å². The lowest BCUT2D eigenvalue weighted by Crippen LogP contribution is -2.37. The van der Waals surface area contributed by atoms with Crippen LogP contribution in [0.3, 0.4) is 0 Å². The number of amides is 1. The van der Waals surface area contributed by atoms with E-state index in [0.717, 1.165) is 12.1 Å². The topological polar surface area (TPSA) is 84.0 Å². The van der Waals surface area contributed by atoms with Gasteiger partial charge >= 0.3 is 0 Å². The smallest absolute Gasteiger partial charge is 0.243 e. The maximum Gasteiger partial charge on any atom is 0.243 e. The number of nitrogens with zero attached hydrogens (tertiary/aromatic N) is 1. The number of rotatable bonds is 7. The first-order valence-electron chi connectivity index (χ1n) is 8.61. The van der Waals surface area contributed by atoms with Gasteiger partial charge in [0.15, 0.2) is 34.9 Å². The number of nitrogens with one attached hydrogen (secondary N) is 3. The van der Waals surface area contributed by atoms with Gasteiger partial charge < -0.3 is 25.4 Å². The fourth-order valence-corrected chi connectivity index (χ4v) is 2.32. The molecule has 29 heavy (non-hydrogen) atoms. The molecular weight excluding hydrogens is 389 g/mol. The molecule has 0 atom stereocenters. The average Bonchev–Trinajstić information content (AvgIpc) is 2.72. The fourth-order valence-electron chi connectivity index (χ4n) is 2.32. The number of carbonyl (C=O) groups excluding carboxylic acids is 1. The highest BCUT2D eigenvalue weighted by Gasteiger charge is 2.15.